The molecule has 1 aliphatic rings. The molecule has 0 atom stereocenters. The molecule has 2 amide bonds. The maximum absolute atomic E-state index is 12.1. The summed E-state index contributed by atoms with van der Waals surface area (Å²) in [6, 6.07) is 18.1. The van der Waals surface area contributed by atoms with Crippen LogP contribution in [0.5, 0.6) is 0 Å². The number of nitrogens with one attached hydrogen (secondary N) is 1. The van der Waals surface area contributed by atoms with Crippen LogP contribution in [0.25, 0.3) is 0 Å². The summed E-state index contributed by atoms with van der Waals surface area (Å²) in [6.07, 6.45) is 0.00750. The zero-order chi connectivity index (χ0) is 14.7. The van der Waals surface area contributed by atoms with E-state index in [1.54, 1.807) is 24.3 Å². The van der Waals surface area contributed by atoms with Crippen LogP contribution in [-0.2, 0) is 9.59 Å². The van der Waals surface area contributed by atoms with Crippen molar-refractivity contribution in [3.8, 4) is 0 Å². The number of para-hydroxylation sites is 2. The summed E-state index contributed by atoms with van der Waals surface area (Å²) in [5, 5.41) is 8.12. The van der Waals surface area contributed by atoms with Gasteiger partial charge in [-0.15, -0.1) is 0 Å². The lowest BCUT2D eigenvalue weighted by molar-refractivity contribution is -0.117. The smallest absolute Gasteiger partial charge is 0.272 e. The first-order valence-electron chi connectivity index (χ1n) is 6.56. The van der Waals surface area contributed by atoms with Crippen molar-refractivity contribution in [2.45, 2.75) is 6.42 Å². The number of amides is 2. The Kier molecular flexibility index (Phi) is 3.47. The zero-order valence-corrected chi connectivity index (χ0v) is 11.2. The number of rotatable bonds is 3. The molecule has 1 N–H and O–H groups in total. The van der Waals surface area contributed by atoms with Gasteiger partial charge in [0.1, 0.15) is 5.71 Å². The molecule has 0 unspecified atom stereocenters. The van der Waals surface area contributed by atoms with Crippen molar-refractivity contribution in [2.24, 2.45) is 5.10 Å². The van der Waals surface area contributed by atoms with Crippen molar-refractivity contribution >= 4 is 28.9 Å². The number of hydrogen-bond donors (Lipinski definition) is 1. The maximum Gasteiger partial charge on any atom is 0.272 e. The lowest BCUT2D eigenvalue weighted by Crippen LogP contribution is -2.22. The van der Waals surface area contributed by atoms with E-state index in [9.17, 15) is 9.59 Å². The largest absolute Gasteiger partial charge is 0.321 e. The van der Waals surface area contributed by atoms with E-state index in [2.05, 4.69) is 10.4 Å². The first-order chi connectivity index (χ1) is 10.2. The summed E-state index contributed by atoms with van der Waals surface area (Å²) in [6.45, 7) is 0. The molecule has 0 aliphatic carbocycles. The third kappa shape index (κ3) is 2.81. The Morgan fingerprint density at radius 2 is 1.62 bits per heavy atom. The van der Waals surface area contributed by atoms with Crippen LogP contribution in [-0.4, -0.2) is 17.5 Å². The van der Waals surface area contributed by atoms with Crippen LogP contribution >= 0.6 is 0 Å². The Hall–Kier alpha value is -2.95. The molecule has 2 aromatic rings. The first-order valence-corrected chi connectivity index (χ1v) is 6.56. The van der Waals surface area contributed by atoms with Gasteiger partial charge in [-0.2, -0.15) is 10.1 Å². The molecule has 0 radical (unpaired) electrons. The van der Waals surface area contributed by atoms with Gasteiger partial charge in [-0.3, -0.25) is 9.59 Å². The van der Waals surface area contributed by atoms with Gasteiger partial charge in [-0.1, -0.05) is 36.4 Å². The van der Waals surface area contributed by atoms with Crippen LogP contribution in [0.15, 0.2) is 65.8 Å². The van der Waals surface area contributed by atoms with Crippen molar-refractivity contribution in [3.05, 3.63) is 60.7 Å². The Bertz CT molecular complexity index is 696. The lowest BCUT2D eigenvalue weighted by atomic mass is 10.2. The molecule has 0 saturated heterocycles. The Morgan fingerprint density at radius 3 is 2.29 bits per heavy atom. The van der Waals surface area contributed by atoms with Crippen LogP contribution in [0, 0.1) is 0 Å². The minimum absolute atomic E-state index is 0.00750. The molecule has 2 aromatic carbocycles. The molecular formula is C16H13N3O2. The maximum atomic E-state index is 12.1. The topological polar surface area (TPSA) is 61.8 Å². The van der Waals surface area contributed by atoms with Crippen molar-refractivity contribution in [1.29, 1.82) is 0 Å². The van der Waals surface area contributed by atoms with Crippen LogP contribution in [0.2, 0.25) is 0 Å². The monoisotopic (exact) mass is 279 g/mol. The lowest BCUT2D eigenvalue weighted by Gasteiger charge is -2.10. The summed E-state index contributed by atoms with van der Waals surface area (Å²) in [5.41, 5.74) is 1.55. The van der Waals surface area contributed by atoms with Crippen molar-refractivity contribution < 1.29 is 9.59 Å². The number of anilines is 2. The summed E-state index contributed by atoms with van der Waals surface area (Å²) in [4.78, 5) is 24.1. The Morgan fingerprint density at radius 1 is 1.00 bits per heavy atom. The SMILES string of the molecule is O=C(Nc1ccccc1)C1=NN(c2ccccc2)C(=O)C1. The molecule has 5 nitrogen and oxygen atoms in total. The van der Waals surface area contributed by atoms with Gasteiger partial charge in [-0.05, 0) is 24.3 Å². The van der Waals surface area contributed by atoms with Crippen LogP contribution < -0.4 is 10.3 Å². The van der Waals surface area contributed by atoms with Crippen LogP contribution in [0.4, 0.5) is 11.4 Å². The van der Waals surface area contributed by atoms with Gasteiger partial charge in [0.2, 0.25) is 0 Å². The van der Waals surface area contributed by atoms with E-state index < -0.39 is 0 Å². The standard InChI is InChI=1S/C16H13N3O2/c20-15-11-14(16(21)17-12-7-3-1-4-8-12)18-19(15)13-9-5-2-6-10-13/h1-10H,11H2,(H,17,21). The molecule has 0 spiro atoms. The predicted octanol–water partition coefficient (Wildman–Crippen LogP) is 2.42. The molecule has 1 heterocycles. The molecule has 0 saturated carbocycles. The van der Waals surface area contributed by atoms with Crippen LogP contribution in [0.1, 0.15) is 6.42 Å². The number of carbonyl (C=O) groups excluding carboxylic acids is 2. The van der Waals surface area contributed by atoms with E-state index in [1.807, 2.05) is 36.4 Å². The van der Waals surface area contributed by atoms with Crippen molar-refractivity contribution in [1.82, 2.24) is 0 Å². The highest BCUT2D eigenvalue weighted by atomic mass is 16.2. The molecule has 104 valence electrons. The van der Waals surface area contributed by atoms with Gasteiger partial charge in [0.05, 0.1) is 12.1 Å². The molecule has 1 aliphatic heterocycles. The number of hydrazone groups is 1. The molecule has 0 aromatic heterocycles. The van der Waals surface area contributed by atoms with Gasteiger partial charge >= 0.3 is 0 Å². The van der Waals surface area contributed by atoms with E-state index in [0.29, 0.717) is 11.4 Å². The second-order valence-electron chi connectivity index (χ2n) is 4.58. The summed E-state index contributed by atoms with van der Waals surface area (Å²) in [5.74, 6) is -0.563. The normalized spacial score (nSPS) is 14.0. The third-order valence-corrected chi connectivity index (χ3v) is 3.07. The molecule has 0 bridgehead atoms. The average molecular weight is 279 g/mol. The predicted molar refractivity (Wildman–Crippen MR) is 81.1 cm³/mol. The fourth-order valence-corrected chi connectivity index (χ4v) is 2.05. The second-order valence-corrected chi connectivity index (χ2v) is 4.58. The average Bonchev–Trinajstić information content (AvgIpc) is 2.91. The fourth-order valence-electron chi connectivity index (χ4n) is 2.05. The number of hydrogen-bond acceptors (Lipinski definition) is 3. The van der Waals surface area contributed by atoms with E-state index >= 15 is 0 Å². The number of benzene rings is 2. The molecule has 21 heavy (non-hydrogen) atoms. The Labute approximate surface area is 121 Å². The first kappa shape index (κ1) is 13.1. The fraction of sp³-hybridized carbons (Fsp3) is 0.0625. The minimum atomic E-state index is -0.354. The highest BCUT2D eigenvalue weighted by Crippen LogP contribution is 2.20. The summed E-state index contributed by atoms with van der Waals surface area (Å²) in [7, 11) is 0. The number of nitrogens with zero attached hydrogens (tertiary/aromatic N) is 2. The Balaban J connectivity index is 1.77. The van der Waals surface area contributed by atoms with Gasteiger partial charge in [0, 0.05) is 5.69 Å². The van der Waals surface area contributed by atoms with E-state index in [1.165, 1.54) is 5.01 Å². The molecule has 5 heteroatoms. The molecule has 0 fully saturated rings. The van der Waals surface area contributed by atoms with Gasteiger partial charge in [-0.25, -0.2) is 0 Å². The van der Waals surface area contributed by atoms with E-state index in [0.717, 1.165) is 0 Å². The second kappa shape index (κ2) is 5.58. The summed E-state index contributed by atoms with van der Waals surface area (Å²) >= 11 is 0. The minimum Gasteiger partial charge on any atom is -0.321 e. The number of carbonyl (C=O) groups is 2. The highest BCUT2D eigenvalue weighted by molar-refractivity contribution is 6.47. The van der Waals surface area contributed by atoms with Crippen LogP contribution in [0.3, 0.4) is 0 Å². The highest BCUT2D eigenvalue weighted by Gasteiger charge is 2.29. The zero-order valence-electron chi connectivity index (χ0n) is 11.2. The van der Waals surface area contributed by atoms with Gasteiger partial charge in [0.25, 0.3) is 11.8 Å². The third-order valence-electron chi connectivity index (χ3n) is 3.07. The van der Waals surface area contributed by atoms with Gasteiger partial charge < -0.3 is 5.32 Å². The van der Waals surface area contributed by atoms with Crippen molar-refractivity contribution in [2.75, 3.05) is 10.3 Å². The van der Waals surface area contributed by atoms with Gasteiger partial charge in [0.15, 0.2) is 0 Å². The van der Waals surface area contributed by atoms with Crippen molar-refractivity contribution in [3.63, 3.8) is 0 Å². The quantitative estimate of drug-likeness (QED) is 0.937. The van der Waals surface area contributed by atoms with E-state index in [4.69, 9.17) is 0 Å². The van der Waals surface area contributed by atoms with E-state index in [-0.39, 0.29) is 23.9 Å². The molecular weight excluding hydrogens is 266 g/mol. The molecule has 3 rings (SSSR count). The summed E-state index contributed by atoms with van der Waals surface area (Å²) < 4.78 is 0.